The van der Waals surface area contributed by atoms with Crippen molar-refractivity contribution in [2.24, 2.45) is 28.3 Å². The van der Waals surface area contributed by atoms with Gasteiger partial charge in [-0.2, -0.15) is 0 Å². The molecule has 0 heterocycles. The smallest absolute Gasteiger partial charge is 0.328 e. The first-order valence-electron chi connectivity index (χ1n) is 17.0. The number of guanidine groups is 1. The fraction of sp³-hybridized carbons (Fsp3) is 0.486. The van der Waals surface area contributed by atoms with Gasteiger partial charge in [-0.25, -0.2) is 19.9 Å². The lowest BCUT2D eigenvalue weighted by molar-refractivity contribution is -0.525. The van der Waals surface area contributed by atoms with Gasteiger partial charge in [-0.15, -0.1) is 0 Å². The molecular weight excluding hydrogens is 676 g/mol. The fourth-order valence-corrected chi connectivity index (χ4v) is 4.66. The second-order valence-corrected chi connectivity index (χ2v) is 12.7. The first-order valence-corrected chi connectivity index (χ1v) is 17.0. The van der Waals surface area contributed by atoms with E-state index < -0.39 is 70.7 Å². The van der Waals surface area contributed by atoms with Gasteiger partial charge in [0.25, 0.3) is 5.96 Å². The fourth-order valence-electron chi connectivity index (χ4n) is 4.66. The summed E-state index contributed by atoms with van der Waals surface area (Å²) in [5, 5.41) is 17.6. The van der Waals surface area contributed by atoms with Crippen LogP contribution in [0.5, 0.6) is 0 Å². The highest BCUT2D eigenvalue weighted by Crippen LogP contribution is 2.11. The topological polar surface area (TPSA) is 259 Å². The van der Waals surface area contributed by atoms with Crippen LogP contribution in [0.4, 0.5) is 0 Å². The second-order valence-electron chi connectivity index (χ2n) is 12.7. The molecule has 0 radical (unpaired) electrons. The monoisotopic (exact) mass is 726 g/mol. The van der Waals surface area contributed by atoms with Crippen molar-refractivity contribution in [2.75, 3.05) is 6.54 Å². The van der Waals surface area contributed by atoms with Gasteiger partial charge in [0, 0.05) is 13.0 Å². The zero-order chi connectivity index (χ0) is 38.6. The number of amides is 3. The Morgan fingerprint density at radius 3 is 1.87 bits per heavy atom. The minimum absolute atomic E-state index is 0.0000328. The maximum atomic E-state index is 13.8. The lowest BCUT2D eigenvalue weighted by Crippen LogP contribution is -2.59. The molecule has 0 aliphatic rings. The van der Waals surface area contributed by atoms with E-state index in [9.17, 15) is 34.1 Å². The molecule has 2 rings (SSSR count). The largest absolute Gasteiger partial charge is 0.461 e. The number of hydrazine groups is 1. The number of hydrogen-bond acceptors (Lipinski definition) is 11. The standard InChI is InChI=1S/C35H50N8O9/c1-22(2)29(36)32(46)41-30(23(3)4)33(47)39-26(17-18-28(44)51-20-24-12-7-5-8-13-24)31(45)40-27(16-11-19-38-35(37)42-43(49)50)34(48)52-21-25-14-9-6-10-15-25/h5-10,12-15,22-23,26-27,29-30H,11,16-21,36H2,1-4H3,(H,39,47)(H,40,45)(H,41,46)(H3,37,38,42)/t26-,27-,29-,30-/m0/s1. The molecule has 52 heavy (non-hydrogen) atoms. The summed E-state index contributed by atoms with van der Waals surface area (Å²) in [5.41, 5.74) is 14.6. The second kappa shape index (κ2) is 22.3. The number of nitrogens with zero attached hydrogens (tertiary/aromatic N) is 2. The van der Waals surface area contributed by atoms with Crippen molar-refractivity contribution in [2.45, 2.75) is 90.8 Å². The van der Waals surface area contributed by atoms with E-state index in [1.54, 1.807) is 87.7 Å². The van der Waals surface area contributed by atoms with Crippen LogP contribution in [0.2, 0.25) is 0 Å². The molecule has 0 unspecified atom stereocenters. The molecule has 0 spiro atoms. The minimum atomic E-state index is -1.35. The van der Waals surface area contributed by atoms with Crippen molar-refractivity contribution in [1.82, 2.24) is 21.4 Å². The van der Waals surface area contributed by atoms with Crippen molar-refractivity contribution in [3.05, 3.63) is 81.9 Å². The van der Waals surface area contributed by atoms with Crippen LogP contribution in [-0.4, -0.2) is 71.4 Å². The highest BCUT2D eigenvalue weighted by molar-refractivity contribution is 5.94. The van der Waals surface area contributed by atoms with Gasteiger partial charge in [-0.3, -0.25) is 19.2 Å². The molecule has 0 fully saturated rings. The number of rotatable bonds is 21. The third kappa shape index (κ3) is 16.0. The number of carbonyl (C=O) groups excluding carboxylic acids is 5. The Bertz CT molecular complexity index is 1510. The number of ether oxygens (including phenoxy) is 2. The third-order valence-electron chi connectivity index (χ3n) is 7.74. The van der Waals surface area contributed by atoms with Crippen LogP contribution in [0.3, 0.4) is 0 Å². The van der Waals surface area contributed by atoms with Crippen LogP contribution in [0, 0.1) is 22.0 Å². The highest BCUT2D eigenvalue weighted by atomic mass is 16.7. The summed E-state index contributed by atoms with van der Waals surface area (Å²) in [6, 6.07) is 13.3. The number of nitrogens with two attached hydrogens (primary N) is 2. The molecule has 8 N–H and O–H groups in total. The van der Waals surface area contributed by atoms with Crippen LogP contribution in [0.15, 0.2) is 65.7 Å². The number of benzene rings is 2. The van der Waals surface area contributed by atoms with Crippen molar-refractivity contribution < 1.29 is 38.5 Å². The molecule has 0 saturated heterocycles. The highest BCUT2D eigenvalue weighted by Gasteiger charge is 2.33. The van der Waals surface area contributed by atoms with Gasteiger partial charge >= 0.3 is 11.9 Å². The van der Waals surface area contributed by atoms with Crippen molar-refractivity contribution >= 4 is 35.6 Å². The Balaban J connectivity index is 2.27. The van der Waals surface area contributed by atoms with E-state index in [1.165, 1.54) is 0 Å². The summed E-state index contributed by atoms with van der Waals surface area (Å²) in [6.45, 7) is 6.81. The molecule has 17 nitrogen and oxygen atoms in total. The summed E-state index contributed by atoms with van der Waals surface area (Å²) in [7, 11) is 0. The number of esters is 2. The van der Waals surface area contributed by atoms with E-state index in [2.05, 4.69) is 20.9 Å². The molecule has 0 saturated carbocycles. The van der Waals surface area contributed by atoms with Gasteiger partial charge in [0.05, 0.1) is 6.04 Å². The van der Waals surface area contributed by atoms with Crippen LogP contribution >= 0.6 is 0 Å². The van der Waals surface area contributed by atoms with Crippen molar-refractivity contribution in [3.8, 4) is 0 Å². The third-order valence-corrected chi connectivity index (χ3v) is 7.74. The molecule has 0 aliphatic carbocycles. The number of carbonyl (C=O) groups is 5. The first-order chi connectivity index (χ1) is 24.7. The van der Waals surface area contributed by atoms with Gasteiger partial charge in [0.2, 0.25) is 17.7 Å². The van der Waals surface area contributed by atoms with Gasteiger partial charge in [-0.1, -0.05) is 93.8 Å². The van der Waals surface area contributed by atoms with Gasteiger partial charge < -0.3 is 36.9 Å². The van der Waals surface area contributed by atoms with Crippen LogP contribution in [0.1, 0.15) is 64.5 Å². The van der Waals surface area contributed by atoms with Crippen LogP contribution < -0.4 is 32.8 Å². The molecule has 284 valence electrons. The average Bonchev–Trinajstić information content (AvgIpc) is 3.11. The van der Waals surface area contributed by atoms with E-state index >= 15 is 0 Å². The molecule has 2 aromatic carbocycles. The maximum Gasteiger partial charge on any atom is 0.328 e. The molecule has 2 aromatic rings. The number of aliphatic imine (C=N–C) groups is 1. The van der Waals surface area contributed by atoms with E-state index in [0.29, 0.717) is 5.56 Å². The Morgan fingerprint density at radius 1 is 0.769 bits per heavy atom. The first kappa shape index (κ1) is 42.6. The Labute approximate surface area is 302 Å². The lowest BCUT2D eigenvalue weighted by atomic mass is 9.99. The molecule has 0 aliphatic heterocycles. The number of hydrogen-bond donors (Lipinski definition) is 6. The quantitative estimate of drug-likeness (QED) is 0.0265. The lowest BCUT2D eigenvalue weighted by Gasteiger charge is -2.27. The van der Waals surface area contributed by atoms with Crippen LogP contribution in [-0.2, 0) is 46.7 Å². The molecular formula is C35H50N8O9. The van der Waals surface area contributed by atoms with E-state index in [-0.39, 0.29) is 51.4 Å². The predicted molar refractivity (Wildman–Crippen MR) is 191 cm³/mol. The summed E-state index contributed by atoms with van der Waals surface area (Å²) in [4.78, 5) is 80.6. The average molecular weight is 727 g/mol. The summed E-state index contributed by atoms with van der Waals surface area (Å²) < 4.78 is 10.8. The predicted octanol–water partition coefficient (Wildman–Crippen LogP) is 1.22. The van der Waals surface area contributed by atoms with E-state index in [4.69, 9.17) is 20.9 Å². The minimum Gasteiger partial charge on any atom is -0.461 e. The molecule has 0 bridgehead atoms. The van der Waals surface area contributed by atoms with Gasteiger partial charge in [0.15, 0.2) is 5.03 Å². The van der Waals surface area contributed by atoms with Crippen molar-refractivity contribution in [1.29, 1.82) is 0 Å². The van der Waals surface area contributed by atoms with E-state index in [0.717, 1.165) is 5.56 Å². The Morgan fingerprint density at radius 2 is 1.33 bits per heavy atom. The molecule has 3 amide bonds. The summed E-state index contributed by atoms with van der Waals surface area (Å²) in [6.07, 6.45) is -0.366. The van der Waals surface area contributed by atoms with Gasteiger partial charge in [-0.05, 0) is 42.2 Å². The number of nitrogens with one attached hydrogen (secondary N) is 4. The molecule has 17 heteroatoms. The van der Waals surface area contributed by atoms with E-state index in [1.807, 2.05) is 6.07 Å². The normalized spacial score (nSPS) is 13.6. The Hall–Kier alpha value is -5.58. The Kier molecular flexibility index (Phi) is 18.2. The van der Waals surface area contributed by atoms with Crippen LogP contribution in [0.25, 0.3) is 0 Å². The summed E-state index contributed by atoms with van der Waals surface area (Å²) in [5.74, 6) is -4.56. The maximum absolute atomic E-state index is 13.8. The molecule has 0 aromatic heterocycles. The van der Waals surface area contributed by atoms with Crippen molar-refractivity contribution in [3.63, 3.8) is 0 Å². The zero-order valence-corrected chi connectivity index (χ0v) is 29.9. The SMILES string of the molecule is CC(C)[C@H](N)C(=O)N[C@H](C(=O)N[C@@H](CCC(=O)OCc1ccccc1)C(=O)N[C@@H](CCCN=C(N)N[N+](=O)[O-])C(=O)OCc1ccccc1)C(C)C. The molecule has 4 atom stereocenters. The summed E-state index contributed by atoms with van der Waals surface area (Å²) >= 11 is 0. The number of nitro groups is 1. The van der Waals surface area contributed by atoms with Gasteiger partial charge in [0.1, 0.15) is 31.3 Å². The zero-order valence-electron chi connectivity index (χ0n) is 29.9.